The normalized spacial score (nSPS) is 32.8. The van der Waals surface area contributed by atoms with Crippen LogP contribution in [0.25, 0.3) is 6.08 Å². The zero-order valence-corrected chi connectivity index (χ0v) is 33.7. The molecular weight excluding hydrogens is 728 g/mol. The van der Waals surface area contributed by atoms with E-state index in [0.29, 0.717) is 37.9 Å². The first kappa shape index (κ1) is 42.5. The maximum absolute atomic E-state index is 13.5. The summed E-state index contributed by atoms with van der Waals surface area (Å²) >= 11 is 7.64. The van der Waals surface area contributed by atoms with Crippen molar-refractivity contribution in [2.75, 3.05) is 20.3 Å². The third kappa shape index (κ3) is 7.86. The summed E-state index contributed by atoms with van der Waals surface area (Å²) in [5.74, 6) is -1.64. The van der Waals surface area contributed by atoms with Gasteiger partial charge in [0.1, 0.15) is 18.3 Å². The highest BCUT2D eigenvalue weighted by atomic mass is 35.5. The Hall–Kier alpha value is -3.67. The smallest absolute Gasteiger partial charge is 0.493 e. The number of rotatable bonds is 15. The quantitative estimate of drug-likeness (QED) is 0.0450. The molecule has 9 unspecified atom stereocenters. The van der Waals surface area contributed by atoms with Crippen LogP contribution in [0.1, 0.15) is 104 Å². The number of benzene rings is 1. The summed E-state index contributed by atoms with van der Waals surface area (Å²) in [7, 11) is 1.41. The van der Waals surface area contributed by atoms with Crippen molar-refractivity contribution in [3.63, 3.8) is 0 Å². The molecule has 1 aromatic rings. The van der Waals surface area contributed by atoms with Crippen LogP contribution in [0.3, 0.4) is 0 Å². The minimum absolute atomic E-state index is 0.0507. The molecule has 2 N–H and O–H groups in total. The molecule has 0 radical (unpaired) electrons. The fourth-order valence-electron chi connectivity index (χ4n) is 10.1. The van der Waals surface area contributed by atoms with E-state index in [1.54, 1.807) is 24.3 Å². The van der Waals surface area contributed by atoms with Gasteiger partial charge in [-0.15, -0.1) is 11.6 Å². The number of allylic oxidation sites excluding steroid dienone is 4. The lowest BCUT2D eigenvalue weighted by Crippen LogP contribution is -2.70. The number of fused-ring (bicyclic) bond motifs is 5. The number of halogens is 1. The Morgan fingerprint density at radius 2 is 1.80 bits per heavy atom. The van der Waals surface area contributed by atoms with E-state index in [1.165, 1.54) is 25.3 Å². The topological polar surface area (TPSA) is 155 Å². The lowest BCUT2D eigenvalue weighted by molar-refractivity contribution is -0.232. The number of hydrogen-bond donors (Lipinski definition) is 2. The molecule has 302 valence electrons. The molecule has 1 aromatic carbocycles. The number of hydrogen-bond acceptors (Lipinski definition) is 11. The Labute approximate surface area is 329 Å². The predicted molar refractivity (Wildman–Crippen MR) is 206 cm³/mol. The molecule has 0 spiro atoms. The summed E-state index contributed by atoms with van der Waals surface area (Å²) in [6.07, 6.45) is 10.3. The molecule has 12 heteroatoms. The minimum Gasteiger partial charge on any atom is -0.493 e. The largest absolute Gasteiger partial charge is 0.514 e. The predicted octanol–water partition coefficient (Wildman–Crippen LogP) is 7.68. The Bertz CT molecular complexity index is 1700. The molecule has 0 heterocycles. The number of methoxy groups -OCH3 is 1. The summed E-state index contributed by atoms with van der Waals surface area (Å²) in [6.45, 7) is 9.66. The van der Waals surface area contributed by atoms with E-state index in [9.17, 15) is 29.4 Å². The number of unbranched alkanes of at least 4 members (excludes halogenated alkanes) is 3. The first-order valence-corrected chi connectivity index (χ1v) is 20.1. The van der Waals surface area contributed by atoms with Gasteiger partial charge in [-0.1, -0.05) is 71.6 Å². The average molecular weight is 785 g/mol. The molecule has 9 atom stereocenters. The van der Waals surface area contributed by atoms with E-state index in [1.807, 2.05) is 33.8 Å². The van der Waals surface area contributed by atoms with E-state index in [4.69, 9.17) is 35.3 Å². The van der Waals surface area contributed by atoms with Crippen molar-refractivity contribution >= 4 is 41.6 Å². The van der Waals surface area contributed by atoms with Gasteiger partial charge < -0.3 is 33.9 Å². The van der Waals surface area contributed by atoms with Crippen molar-refractivity contribution in [3.8, 4) is 11.5 Å². The van der Waals surface area contributed by atoms with E-state index in [0.717, 1.165) is 31.3 Å². The van der Waals surface area contributed by atoms with Gasteiger partial charge in [-0.2, -0.15) is 0 Å². The molecule has 4 aliphatic rings. The van der Waals surface area contributed by atoms with Gasteiger partial charge in [0.2, 0.25) is 0 Å². The number of ether oxygens (including phenoxy) is 5. The molecule has 4 aliphatic carbocycles. The first-order chi connectivity index (χ1) is 26.1. The SMILES string of the molecule is CCCCCOC(=O)C=Cc1ccc(OC(=O)OCC(O)C2(OC(=O)CCCC)C(C)CC3C4CCC5=CC(=O)C=CC5(C)C4(Cl)C(O)CC32C)c(OC)c1. The number of carbonyl (C=O) groups is 4. The molecule has 11 nitrogen and oxygen atoms in total. The molecule has 0 bridgehead atoms. The number of ketones is 1. The molecule has 0 aliphatic heterocycles. The Balaban J connectivity index is 1.35. The molecule has 5 rings (SSSR count). The minimum atomic E-state index is -1.54. The Kier molecular flexibility index (Phi) is 13.3. The van der Waals surface area contributed by atoms with Crippen LogP contribution in [-0.4, -0.2) is 77.1 Å². The van der Waals surface area contributed by atoms with Crippen LogP contribution >= 0.6 is 11.6 Å². The van der Waals surface area contributed by atoms with Gasteiger partial charge >= 0.3 is 18.1 Å². The second-order valence-electron chi connectivity index (χ2n) is 16.1. The third-order valence-electron chi connectivity index (χ3n) is 12.9. The molecule has 0 aromatic heterocycles. The van der Waals surface area contributed by atoms with Crippen LogP contribution in [0.15, 0.2) is 48.1 Å². The third-order valence-corrected chi connectivity index (χ3v) is 13.8. The van der Waals surface area contributed by atoms with E-state index < -0.39 is 64.1 Å². The number of esters is 2. The summed E-state index contributed by atoms with van der Waals surface area (Å²) in [4.78, 5) is 49.9. The second-order valence-corrected chi connectivity index (χ2v) is 16.7. The average Bonchev–Trinajstić information content (AvgIpc) is 3.37. The van der Waals surface area contributed by atoms with Crippen molar-refractivity contribution in [2.24, 2.45) is 28.6 Å². The number of alkyl halides is 1. The highest BCUT2D eigenvalue weighted by molar-refractivity contribution is 6.26. The van der Waals surface area contributed by atoms with Crippen LogP contribution in [0.4, 0.5) is 4.79 Å². The molecular formula is C43H57ClO11. The van der Waals surface area contributed by atoms with Crippen molar-refractivity contribution in [1.29, 1.82) is 0 Å². The summed E-state index contributed by atoms with van der Waals surface area (Å²) in [6, 6.07) is 4.71. The summed E-state index contributed by atoms with van der Waals surface area (Å²) in [5, 5.41) is 24.3. The molecule has 0 amide bonds. The number of carbonyl (C=O) groups excluding carboxylic acids is 4. The van der Waals surface area contributed by atoms with Crippen molar-refractivity contribution in [3.05, 3.63) is 53.6 Å². The van der Waals surface area contributed by atoms with Crippen molar-refractivity contribution in [1.82, 2.24) is 0 Å². The fraction of sp³-hybridized carbons (Fsp3) is 0.628. The van der Waals surface area contributed by atoms with E-state index in [-0.39, 0.29) is 42.0 Å². The maximum Gasteiger partial charge on any atom is 0.514 e. The Morgan fingerprint density at radius 1 is 1.05 bits per heavy atom. The van der Waals surface area contributed by atoms with Crippen LogP contribution in [0.2, 0.25) is 0 Å². The lowest BCUT2D eigenvalue weighted by atomic mass is 9.45. The van der Waals surface area contributed by atoms with Gasteiger partial charge in [-0.3, -0.25) is 9.59 Å². The Morgan fingerprint density at radius 3 is 2.51 bits per heavy atom. The highest BCUT2D eigenvalue weighted by Crippen LogP contribution is 2.72. The van der Waals surface area contributed by atoms with Gasteiger partial charge in [0.05, 0.1) is 24.7 Å². The van der Waals surface area contributed by atoms with Crippen molar-refractivity contribution in [2.45, 2.75) is 122 Å². The van der Waals surface area contributed by atoms with E-state index in [2.05, 4.69) is 6.92 Å². The van der Waals surface area contributed by atoms with Gasteiger partial charge in [-0.05, 0) is 92.2 Å². The van der Waals surface area contributed by atoms with Crippen LogP contribution in [-0.2, 0) is 28.6 Å². The first-order valence-electron chi connectivity index (χ1n) is 19.7. The molecule has 55 heavy (non-hydrogen) atoms. The van der Waals surface area contributed by atoms with Gasteiger partial charge in [0, 0.05) is 23.3 Å². The zero-order valence-electron chi connectivity index (χ0n) is 32.9. The maximum atomic E-state index is 13.5. The van der Waals surface area contributed by atoms with Gasteiger partial charge in [0.25, 0.3) is 0 Å². The fourth-order valence-corrected chi connectivity index (χ4v) is 10.6. The second kappa shape index (κ2) is 17.2. The standard InChI is InChI=1S/C43H57ClO11/c1-7-9-11-21-52-37(48)18-14-28-13-17-33(34(23-28)51-6)54-39(50)53-26-36(47)43(55-38(49)12-10-8-2)27(3)22-32-31-16-15-29-24-30(45)19-20-40(29,4)42(31,44)35(46)25-41(32,43)5/h13-14,17-20,23-24,27,31-32,35-36,46-47H,7-12,15-16,21-22,25-26H2,1-6H3. The van der Waals surface area contributed by atoms with Crippen LogP contribution < -0.4 is 9.47 Å². The van der Waals surface area contributed by atoms with Gasteiger partial charge in [-0.25, -0.2) is 9.59 Å². The zero-order chi connectivity index (χ0) is 40.2. The molecule has 3 saturated carbocycles. The van der Waals surface area contributed by atoms with E-state index >= 15 is 0 Å². The monoisotopic (exact) mass is 784 g/mol. The lowest BCUT2D eigenvalue weighted by Gasteiger charge is -2.64. The number of aliphatic hydroxyl groups is 2. The highest BCUT2D eigenvalue weighted by Gasteiger charge is 2.76. The molecule has 0 saturated heterocycles. The van der Waals surface area contributed by atoms with Gasteiger partial charge in [0.15, 0.2) is 17.3 Å². The molecule has 3 fully saturated rings. The summed E-state index contributed by atoms with van der Waals surface area (Å²) < 4.78 is 28.1. The van der Waals surface area contributed by atoms with Crippen molar-refractivity contribution < 1.29 is 53.1 Å². The number of aliphatic hydroxyl groups excluding tert-OH is 2. The van der Waals surface area contributed by atoms with Crippen LogP contribution in [0, 0.1) is 28.6 Å². The summed E-state index contributed by atoms with van der Waals surface area (Å²) in [5.41, 5.74) is -1.79. The van der Waals surface area contributed by atoms with Crippen LogP contribution in [0.5, 0.6) is 11.5 Å².